The van der Waals surface area contributed by atoms with E-state index >= 15 is 0 Å². The third kappa shape index (κ3) is 3.81. The topological polar surface area (TPSA) is 39.1 Å². The van der Waals surface area contributed by atoms with Gasteiger partial charge in [-0.15, -0.1) is 0 Å². The van der Waals surface area contributed by atoms with Crippen molar-refractivity contribution in [3.8, 4) is 6.07 Å². The molecule has 0 spiro atoms. The van der Waals surface area contributed by atoms with E-state index in [1.165, 1.54) is 19.3 Å². The molecule has 1 rings (SSSR count). The molecule has 3 nitrogen and oxygen atoms in total. The molecule has 0 saturated heterocycles. The number of nitrogens with one attached hydrogen (secondary N) is 1. The summed E-state index contributed by atoms with van der Waals surface area (Å²) in [6.45, 7) is 9.09. The molecular weight excluding hydrogens is 186 g/mol. The Labute approximate surface area is 93.5 Å². The zero-order valence-electron chi connectivity index (χ0n) is 10.2. The van der Waals surface area contributed by atoms with Gasteiger partial charge in [-0.3, -0.25) is 10.2 Å². The minimum atomic E-state index is -0.382. The van der Waals surface area contributed by atoms with Gasteiger partial charge in [0.25, 0.3) is 0 Å². The highest BCUT2D eigenvalue weighted by molar-refractivity contribution is 5.06. The number of hydrogen-bond donors (Lipinski definition) is 1. The van der Waals surface area contributed by atoms with Crippen molar-refractivity contribution in [2.24, 2.45) is 0 Å². The molecule has 0 heterocycles. The Balaban J connectivity index is 2.50. The number of likely N-dealkylation sites (N-methyl/N-ethyl adjacent to an activating group) is 1. The first-order valence-electron chi connectivity index (χ1n) is 6.05. The van der Waals surface area contributed by atoms with E-state index in [0.29, 0.717) is 0 Å². The van der Waals surface area contributed by atoms with Crippen LogP contribution in [0.5, 0.6) is 0 Å². The summed E-state index contributed by atoms with van der Waals surface area (Å²) < 4.78 is 0. The van der Waals surface area contributed by atoms with Crippen LogP contribution in [-0.2, 0) is 0 Å². The fourth-order valence-corrected chi connectivity index (χ4v) is 2.04. The zero-order valence-corrected chi connectivity index (χ0v) is 10.2. The number of rotatable bonds is 7. The molecule has 0 amide bonds. The van der Waals surface area contributed by atoms with Gasteiger partial charge in [-0.05, 0) is 39.3 Å². The van der Waals surface area contributed by atoms with E-state index in [9.17, 15) is 5.26 Å². The molecule has 1 N–H and O–H groups in total. The Kier molecular flexibility index (Phi) is 4.56. The van der Waals surface area contributed by atoms with Gasteiger partial charge < -0.3 is 0 Å². The van der Waals surface area contributed by atoms with Gasteiger partial charge in [-0.25, -0.2) is 0 Å². The maximum Gasteiger partial charge on any atom is 0.116 e. The van der Waals surface area contributed by atoms with E-state index < -0.39 is 0 Å². The lowest BCUT2D eigenvalue weighted by molar-refractivity contribution is 0.212. The first-order chi connectivity index (χ1) is 7.15. The predicted octanol–water partition coefficient (Wildman–Crippen LogP) is 1.75. The summed E-state index contributed by atoms with van der Waals surface area (Å²) in [7, 11) is 0. The van der Waals surface area contributed by atoms with Crippen molar-refractivity contribution in [1.29, 1.82) is 5.26 Å². The monoisotopic (exact) mass is 209 g/mol. The van der Waals surface area contributed by atoms with Crippen LogP contribution in [0, 0.1) is 11.3 Å². The number of nitrogens with zero attached hydrogens (tertiary/aromatic N) is 2. The van der Waals surface area contributed by atoms with E-state index in [0.717, 1.165) is 25.7 Å². The summed E-state index contributed by atoms with van der Waals surface area (Å²) in [5, 5.41) is 12.5. The summed E-state index contributed by atoms with van der Waals surface area (Å²) in [6.07, 6.45) is 3.80. The summed E-state index contributed by atoms with van der Waals surface area (Å²) in [4.78, 5) is 2.46. The molecule has 0 aromatic rings. The van der Waals surface area contributed by atoms with Crippen LogP contribution >= 0.6 is 0 Å². The Morgan fingerprint density at radius 3 is 2.53 bits per heavy atom. The van der Waals surface area contributed by atoms with Crippen LogP contribution in [0.25, 0.3) is 0 Å². The SMILES string of the molecule is CCCN(CC(C)(C#N)NCC)C1CC1. The van der Waals surface area contributed by atoms with Crippen LogP contribution in [-0.4, -0.2) is 36.1 Å². The first kappa shape index (κ1) is 12.5. The van der Waals surface area contributed by atoms with Gasteiger partial charge in [0.2, 0.25) is 0 Å². The Morgan fingerprint density at radius 2 is 2.13 bits per heavy atom. The molecular formula is C12H23N3. The van der Waals surface area contributed by atoms with Crippen molar-refractivity contribution in [2.45, 2.75) is 51.6 Å². The van der Waals surface area contributed by atoms with Crippen molar-refractivity contribution in [3.05, 3.63) is 0 Å². The lowest BCUT2D eigenvalue weighted by atomic mass is 10.0. The molecule has 1 aliphatic rings. The maximum atomic E-state index is 9.20. The third-order valence-electron chi connectivity index (χ3n) is 2.91. The van der Waals surface area contributed by atoms with E-state index in [4.69, 9.17) is 0 Å². The largest absolute Gasteiger partial charge is 0.299 e. The molecule has 1 fully saturated rings. The fourth-order valence-electron chi connectivity index (χ4n) is 2.04. The lowest BCUT2D eigenvalue weighted by Crippen LogP contribution is -2.51. The van der Waals surface area contributed by atoms with Gasteiger partial charge >= 0.3 is 0 Å². The molecule has 15 heavy (non-hydrogen) atoms. The van der Waals surface area contributed by atoms with Crippen molar-refractivity contribution in [2.75, 3.05) is 19.6 Å². The minimum Gasteiger partial charge on any atom is -0.299 e. The molecule has 0 radical (unpaired) electrons. The Morgan fingerprint density at radius 1 is 1.47 bits per heavy atom. The second-order valence-electron chi connectivity index (χ2n) is 4.68. The molecule has 1 aliphatic carbocycles. The average Bonchev–Trinajstić information content (AvgIpc) is 3.01. The molecule has 3 heteroatoms. The molecule has 1 saturated carbocycles. The third-order valence-corrected chi connectivity index (χ3v) is 2.91. The van der Waals surface area contributed by atoms with E-state index in [1.54, 1.807) is 0 Å². The molecule has 86 valence electrons. The summed E-state index contributed by atoms with van der Waals surface area (Å²) in [5.41, 5.74) is -0.382. The smallest absolute Gasteiger partial charge is 0.116 e. The van der Waals surface area contributed by atoms with Crippen molar-refractivity contribution >= 4 is 0 Å². The van der Waals surface area contributed by atoms with Gasteiger partial charge in [0.15, 0.2) is 0 Å². The molecule has 1 unspecified atom stereocenters. The molecule has 0 bridgehead atoms. The van der Waals surface area contributed by atoms with Gasteiger partial charge in [-0.2, -0.15) is 5.26 Å². The molecule has 0 aliphatic heterocycles. The van der Waals surface area contributed by atoms with Crippen LogP contribution in [0.2, 0.25) is 0 Å². The van der Waals surface area contributed by atoms with Crippen LogP contribution in [0.3, 0.4) is 0 Å². The molecule has 0 aromatic carbocycles. The standard InChI is InChI=1S/C12H23N3/c1-4-8-15(11-6-7-11)10-12(3,9-13)14-5-2/h11,14H,4-8,10H2,1-3H3. The summed E-state index contributed by atoms with van der Waals surface area (Å²) in [5.74, 6) is 0. The van der Waals surface area contributed by atoms with E-state index in [-0.39, 0.29) is 5.54 Å². The normalized spacial score (nSPS) is 19.9. The van der Waals surface area contributed by atoms with Crippen LogP contribution in [0.4, 0.5) is 0 Å². The quantitative estimate of drug-likeness (QED) is 0.694. The molecule has 1 atom stereocenters. The van der Waals surface area contributed by atoms with E-state index in [1.807, 2.05) is 6.92 Å². The van der Waals surface area contributed by atoms with Gasteiger partial charge in [0.05, 0.1) is 6.07 Å². The molecule has 0 aromatic heterocycles. The van der Waals surface area contributed by atoms with Gasteiger partial charge in [-0.1, -0.05) is 13.8 Å². The van der Waals surface area contributed by atoms with Gasteiger partial charge in [0.1, 0.15) is 5.54 Å². The Hall–Kier alpha value is -0.590. The average molecular weight is 209 g/mol. The predicted molar refractivity (Wildman–Crippen MR) is 62.6 cm³/mol. The lowest BCUT2D eigenvalue weighted by Gasteiger charge is -2.31. The van der Waals surface area contributed by atoms with Crippen molar-refractivity contribution < 1.29 is 0 Å². The second kappa shape index (κ2) is 5.48. The van der Waals surface area contributed by atoms with Crippen LogP contribution in [0.1, 0.15) is 40.0 Å². The first-order valence-corrected chi connectivity index (χ1v) is 6.05. The van der Waals surface area contributed by atoms with Crippen LogP contribution in [0.15, 0.2) is 0 Å². The highest BCUT2D eigenvalue weighted by Crippen LogP contribution is 2.28. The van der Waals surface area contributed by atoms with Crippen LogP contribution < -0.4 is 5.32 Å². The van der Waals surface area contributed by atoms with Crippen molar-refractivity contribution in [1.82, 2.24) is 10.2 Å². The Bertz CT molecular complexity index is 230. The van der Waals surface area contributed by atoms with Gasteiger partial charge in [0, 0.05) is 12.6 Å². The summed E-state index contributed by atoms with van der Waals surface area (Å²) >= 11 is 0. The minimum absolute atomic E-state index is 0.382. The number of nitriles is 1. The maximum absolute atomic E-state index is 9.20. The fraction of sp³-hybridized carbons (Fsp3) is 0.917. The van der Waals surface area contributed by atoms with E-state index in [2.05, 4.69) is 30.1 Å². The highest BCUT2D eigenvalue weighted by Gasteiger charge is 2.34. The summed E-state index contributed by atoms with van der Waals surface area (Å²) in [6, 6.07) is 3.14. The second-order valence-corrected chi connectivity index (χ2v) is 4.68. The zero-order chi connectivity index (χ0) is 11.3. The number of hydrogen-bond acceptors (Lipinski definition) is 3. The highest BCUT2D eigenvalue weighted by atomic mass is 15.2. The van der Waals surface area contributed by atoms with Crippen molar-refractivity contribution in [3.63, 3.8) is 0 Å².